The number of hydrogen-bond acceptors (Lipinski definition) is 5. The molecule has 2 atom stereocenters. The van der Waals surface area contributed by atoms with E-state index in [0.29, 0.717) is 25.1 Å². The Bertz CT molecular complexity index is 513. The Morgan fingerprint density at radius 2 is 2.18 bits per heavy atom. The van der Waals surface area contributed by atoms with Crippen molar-refractivity contribution in [1.29, 1.82) is 0 Å². The third-order valence-corrected chi connectivity index (χ3v) is 4.27. The van der Waals surface area contributed by atoms with Gasteiger partial charge < -0.3 is 20.1 Å². The Labute approximate surface area is 138 Å². The molecule has 2 N–H and O–H groups in total. The van der Waals surface area contributed by atoms with Crippen LogP contribution in [0.25, 0.3) is 0 Å². The van der Waals surface area contributed by atoms with Crippen LogP contribution >= 0.6 is 12.6 Å². The van der Waals surface area contributed by atoms with Crippen LogP contribution in [-0.4, -0.2) is 25.1 Å². The van der Waals surface area contributed by atoms with Crippen LogP contribution in [0, 0.1) is 5.41 Å². The minimum absolute atomic E-state index is 0.0708. The smallest absolute Gasteiger partial charge is 0.230 e. The van der Waals surface area contributed by atoms with Crippen LogP contribution in [0.15, 0.2) is 48.2 Å². The van der Waals surface area contributed by atoms with E-state index in [9.17, 15) is 0 Å². The normalized spacial score (nSPS) is 24.1. The van der Waals surface area contributed by atoms with Crippen molar-refractivity contribution in [3.05, 3.63) is 48.2 Å². The monoisotopic (exact) mass is 322 g/mol. The highest BCUT2D eigenvalue weighted by Gasteiger charge is 2.32. The molecule has 2 rings (SSSR count). The number of hydrogen-bond donors (Lipinski definition) is 3. The molecule has 0 saturated carbocycles. The molecule has 22 heavy (non-hydrogen) atoms. The number of nitrogens with one attached hydrogen (secondary N) is 2. The summed E-state index contributed by atoms with van der Waals surface area (Å²) < 4.78 is 10.9. The minimum atomic E-state index is 0.0708. The molecule has 0 aromatic rings. The van der Waals surface area contributed by atoms with E-state index in [0.717, 1.165) is 35.8 Å². The molecule has 2 unspecified atom stereocenters. The van der Waals surface area contributed by atoms with E-state index in [4.69, 9.17) is 9.47 Å². The SMILES string of the molecule is C=C(CS)NCC(=C)NC(C)CC1(C)C=CC2=C(C1)OCO2. The zero-order valence-electron chi connectivity index (χ0n) is 13.4. The topological polar surface area (TPSA) is 42.5 Å². The zero-order chi connectivity index (χ0) is 16.2. The molecule has 0 fully saturated rings. The minimum Gasteiger partial charge on any atom is -0.458 e. The van der Waals surface area contributed by atoms with Gasteiger partial charge in [0.1, 0.15) is 5.76 Å². The highest BCUT2D eigenvalue weighted by molar-refractivity contribution is 7.80. The average molecular weight is 322 g/mol. The van der Waals surface area contributed by atoms with Crippen LogP contribution in [0.5, 0.6) is 0 Å². The number of rotatable bonds is 8. The van der Waals surface area contributed by atoms with Crippen molar-refractivity contribution in [2.45, 2.75) is 32.7 Å². The second-order valence-corrected chi connectivity index (χ2v) is 6.64. The Balaban J connectivity index is 1.79. The van der Waals surface area contributed by atoms with Crippen LogP contribution in [0.3, 0.4) is 0 Å². The summed E-state index contributed by atoms with van der Waals surface area (Å²) in [6.07, 6.45) is 6.14. The van der Waals surface area contributed by atoms with E-state index in [1.807, 2.05) is 6.08 Å². The molecule has 0 aromatic carbocycles. The summed E-state index contributed by atoms with van der Waals surface area (Å²) in [7, 11) is 0. The van der Waals surface area contributed by atoms with E-state index >= 15 is 0 Å². The van der Waals surface area contributed by atoms with Crippen molar-refractivity contribution in [3.63, 3.8) is 0 Å². The fraction of sp³-hybridized carbons (Fsp3) is 0.529. The van der Waals surface area contributed by atoms with Crippen LogP contribution in [0.1, 0.15) is 26.7 Å². The molecule has 0 amide bonds. The van der Waals surface area contributed by atoms with Gasteiger partial charge in [-0.2, -0.15) is 12.6 Å². The van der Waals surface area contributed by atoms with Gasteiger partial charge in [0, 0.05) is 29.6 Å². The van der Waals surface area contributed by atoms with Crippen LogP contribution < -0.4 is 10.6 Å². The number of ether oxygens (including phenoxy) is 2. The molecule has 0 aromatic heterocycles. The van der Waals surface area contributed by atoms with Gasteiger partial charge in [-0.25, -0.2) is 0 Å². The maximum Gasteiger partial charge on any atom is 0.230 e. The lowest BCUT2D eigenvalue weighted by Crippen LogP contribution is -2.35. The van der Waals surface area contributed by atoms with Gasteiger partial charge in [-0.3, -0.25) is 0 Å². The van der Waals surface area contributed by atoms with E-state index < -0.39 is 0 Å². The fourth-order valence-electron chi connectivity index (χ4n) is 2.88. The van der Waals surface area contributed by atoms with Crippen molar-refractivity contribution in [2.75, 3.05) is 19.1 Å². The molecule has 0 radical (unpaired) electrons. The summed E-state index contributed by atoms with van der Waals surface area (Å²) in [6, 6.07) is 0.317. The van der Waals surface area contributed by atoms with Crippen LogP contribution in [-0.2, 0) is 9.47 Å². The molecule has 1 aliphatic carbocycles. The Morgan fingerprint density at radius 3 is 2.91 bits per heavy atom. The Kier molecular flexibility index (Phi) is 5.51. The second-order valence-electron chi connectivity index (χ2n) is 6.33. The predicted molar refractivity (Wildman–Crippen MR) is 93.3 cm³/mol. The van der Waals surface area contributed by atoms with Crippen molar-refractivity contribution in [1.82, 2.24) is 10.6 Å². The second kappa shape index (κ2) is 7.18. The zero-order valence-corrected chi connectivity index (χ0v) is 14.3. The first kappa shape index (κ1) is 16.9. The largest absolute Gasteiger partial charge is 0.458 e. The lowest BCUT2D eigenvalue weighted by atomic mass is 9.77. The molecular formula is C17H26N2O2S. The van der Waals surface area contributed by atoms with Gasteiger partial charge in [0.15, 0.2) is 5.76 Å². The summed E-state index contributed by atoms with van der Waals surface area (Å²) in [5, 5.41) is 6.64. The standard InChI is InChI=1S/C17H26N2O2S/c1-12(19-13(2)9-18-14(3)10-22)7-17(4)6-5-15-16(8-17)21-11-20-15/h5-6,12,18-19,22H,2-3,7-11H2,1,4H3. The third kappa shape index (κ3) is 4.50. The van der Waals surface area contributed by atoms with Crippen molar-refractivity contribution in [2.24, 2.45) is 5.41 Å². The van der Waals surface area contributed by atoms with Crippen LogP contribution in [0.2, 0.25) is 0 Å². The highest BCUT2D eigenvalue weighted by Crippen LogP contribution is 2.40. The third-order valence-electron chi connectivity index (χ3n) is 3.89. The van der Waals surface area contributed by atoms with E-state index in [-0.39, 0.29) is 5.41 Å². The first-order chi connectivity index (χ1) is 10.4. The summed E-state index contributed by atoms with van der Waals surface area (Å²) in [5.74, 6) is 2.49. The Morgan fingerprint density at radius 1 is 1.41 bits per heavy atom. The van der Waals surface area contributed by atoms with Crippen LogP contribution in [0.4, 0.5) is 0 Å². The van der Waals surface area contributed by atoms with Gasteiger partial charge in [0.2, 0.25) is 6.79 Å². The Hall–Kier alpha value is -1.49. The maximum atomic E-state index is 5.53. The molecular weight excluding hydrogens is 296 g/mol. The molecule has 5 heteroatoms. The van der Waals surface area contributed by atoms with Gasteiger partial charge in [0.25, 0.3) is 0 Å². The summed E-state index contributed by atoms with van der Waals surface area (Å²) >= 11 is 4.17. The molecule has 2 aliphatic rings. The van der Waals surface area contributed by atoms with E-state index in [1.165, 1.54) is 0 Å². The molecule has 0 spiro atoms. The van der Waals surface area contributed by atoms with Gasteiger partial charge in [-0.15, -0.1) is 0 Å². The quantitative estimate of drug-likeness (QED) is 0.601. The first-order valence-electron chi connectivity index (χ1n) is 7.57. The summed E-state index contributed by atoms with van der Waals surface area (Å²) in [4.78, 5) is 0. The summed E-state index contributed by atoms with van der Waals surface area (Å²) in [5.41, 5.74) is 1.93. The lowest BCUT2D eigenvalue weighted by molar-refractivity contribution is 0.0694. The average Bonchev–Trinajstić information content (AvgIpc) is 2.90. The first-order valence-corrected chi connectivity index (χ1v) is 8.20. The molecule has 4 nitrogen and oxygen atoms in total. The van der Waals surface area contributed by atoms with E-state index in [2.05, 4.69) is 56.3 Å². The number of allylic oxidation sites excluding steroid dienone is 3. The molecule has 1 heterocycles. The van der Waals surface area contributed by atoms with Crippen molar-refractivity contribution >= 4 is 12.6 Å². The lowest BCUT2D eigenvalue weighted by Gasteiger charge is -2.32. The predicted octanol–water partition coefficient (Wildman–Crippen LogP) is 3.08. The van der Waals surface area contributed by atoms with Crippen molar-refractivity contribution < 1.29 is 9.47 Å². The highest BCUT2D eigenvalue weighted by atomic mass is 32.1. The van der Waals surface area contributed by atoms with Gasteiger partial charge in [-0.1, -0.05) is 26.2 Å². The van der Waals surface area contributed by atoms with Gasteiger partial charge in [-0.05, 0) is 24.8 Å². The summed E-state index contributed by atoms with van der Waals surface area (Å²) in [6.45, 7) is 13.4. The van der Waals surface area contributed by atoms with Gasteiger partial charge in [0.05, 0.1) is 6.54 Å². The van der Waals surface area contributed by atoms with Crippen molar-refractivity contribution in [3.8, 4) is 0 Å². The van der Waals surface area contributed by atoms with E-state index in [1.54, 1.807) is 0 Å². The van der Waals surface area contributed by atoms with Gasteiger partial charge >= 0.3 is 0 Å². The molecule has 0 bridgehead atoms. The molecule has 0 saturated heterocycles. The molecule has 1 aliphatic heterocycles. The number of thiol groups is 1. The maximum absolute atomic E-state index is 5.53. The fourth-order valence-corrected chi connectivity index (χ4v) is 2.99. The molecule has 122 valence electrons.